The van der Waals surface area contributed by atoms with Gasteiger partial charge in [0.05, 0.1) is 19.0 Å². The molecule has 0 spiro atoms. The van der Waals surface area contributed by atoms with E-state index in [0.717, 1.165) is 18.7 Å². The molecule has 3 rings (SSSR count). The Morgan fingerprint density at radius 3 is 2.87 bits per heavy atom. The van der Waals surface area contributed by atoms with Crippen LogP contribution in [0.25, 0.3) is 0 Å². The van der Waals surface area contributed by atoms with Gasteiger partial charge in [-0.15, -0.1) is 5.10 Å². The molecule has 7 heteroatoms. The van der Waals surface area contributed by atoms with E-state index >= 15 is 0 Å². The molecule has 0 fully saturated rings. The molecule has 0 amide bonds. The molecule has 0 unspecified atom stereocenters. The Labute approximate surface area is 134 Å². The Balaban J connectivity index is 1.57. The van der Waals surface area contributed by atoms with Crippen LogP contribution in [0.4, 0.5) is 11.8 Å². The summed E-state index contributed by atoms with van der Waals surface area (Å²) in [5.41, 5.74) is 1.23. The minimum atomic E-state index is 0.561. The van der Waals surface area contributed by atoms with Gasteiger partial charge in [0.15, 0.2) is 5.82 Å². The molecule has 1 N–H and O–H groups in total. The Hall–Kier alpha value is -2.96. The summed E-state index contributed by atoms with van der Waals surface area (Å²) in [5, 5.41) is 11.3. The van der Waals surface area contributed by atoms with E-state index in [-0.39, 0.29) is 0 Å². The van der Waals surface area contributed by atoms with Crippen LogP contribution >= 0.6 is 0 Å². The van der Waals surface area contributed by atoms with Gasteiger partial charge in [0.2, 0.25) is 5.95 Å². The number of furan rings is 1. The van der Waals surface area contributed by atoms with Crippen molar-refractivity contribution in [1.29, 1.82) is 0 Å². The number of hydrogen-bond donors (Lipinski definition) is 1. The summed E-state index contributed by atoms with van der Waals surface area (Å²) in [6.45, 7) is 1.36. The Morgan fingerprint density at radius 2 is 2.09 bits per heavy atom. The van der Waals surface area contributed by atoms with Crippen molar-refractivity contribution in [2.24, 2.45) is 0 Å². The summed E-state index contributed by atoms with van der Waals surface area (Å²) < 4.78 is 5.28. The summed E-state index contributed by atoms with van der Waals surface area (Å²) in [7, 11) is 1.95. The van der Waals surface area contributed by atoms with Crippen LogP contribution in [0.15, 0.2) is 53.5 Å². The van der Waals surface area contributed by atoms with Crippen LogP contribution in [0.1, 0.15) is 11.3 Å². The summed E-state index contributed by atoms with van der Waals surface area (Å²) in [5.74, 6) is 2.10. The Bertz CT molecular complexity index is 716. The number of nitrogens with one attached hydrogen (secondary N) is 1. The average Bonchev–Trinajstić information content (AvgIpc) is 3.12. The highest BCUT2D eigenvalue weighted by atomic mass is 16.3. The molecule has 0 aliphatic carbocycles. The van der Waals surface area contributed by atoms with E-state index in [1.54, 1.807) is 24.9 Å². The lowest BCUT2D eigenvalue weighted by Crippen LogP contribution is -2.23. The van der Waals surface area contributed by atoms with E-state index in [4.69, 9.17) is 4.42 Å². The molecule has 3 aromatic rings. The fourth-order valence-corrected chi connectivity index (χ4v) is 2.08. The molecule has 0 aliphatic rings. The van der Waals surface area contributed by atoms with Crippen molar-refractivity contribution in [2.75, 3.05) is 23.8 Å². The van der Waals surface area contributed by atoms with Gasteiger partial charge in [-0.05, 0) is 36.2 Å². The van der Waals surface area contributed by atoms with Gasteiger partial charge in [0.25, 0.3) is 0 Å². The van der Waals surface area contributed by atoms with Crippen molar-refractivity contribution in [3.05, 3.63) is 60.4 Å². The maximum atomic E-state index is 5.28. The van der Waals surface area contributed by atoms with Gasteiger partial charge >= 0.3 is 0 Å². The van der Waals surface area contributed by atoms with Crippen molar-refractivity contribution < 1.29 is 4.42 Å². The van der Waals surface area contributed by atoms with Gasteiger partial charge in [0.1, 0.15) is 5.76 Å². The lowest BCUT2D eigenvalue weighted by atomic mass is 10.2. The number of rotatable bonds is 7. The van der Waals surface area contributed by atoms with Crippen molar-refractivity contribution in [3.8, 4) is 0 Å². The van der Waals surface area contributed by atoms with E-state index in [1.165, 1.54) is 5.56 Å². The summed E-state index contributed by atoms with van der Waals surface area (Å²) >= 11 is 0. The highest BCUT2D eigenvalue weighted by Crippen LogP contribution is 2.10. The van der Waals surface area contributed by atoms with Crippen LogP contribution in [-0.4, -0.2) is 33.8 Å². The number of pyridine rings is 1. The highest BCUT2D eigenvalue weighted by Gasteiger charge is 2.07. The topological polar surface area (TPSA) is 80.0 Å². The van der Waals surface area contributed by atoms with E-state index in [9.17, 15) is 0 Å². The first-order chi connectivity index (χ1) is 11.3. The van der Waals surface area contributed by atoms with Crippen LogP contribution in [0, 0.1) is 0 Å². The summed E-state index contributed by atoms with van der Waals surface area (Å²) in [6.07, 6.45) is 7.74. The number of likely N-dealkylation sites (N-methyl/N-ethyl adjacent to an activating group) is 1. The fourth-order valence-electron chi connectivity index (χ4n) is 2.08. The van der Waals surface area contributed by atoms with Gasteiger partial charge in [-0.3, -0.25) is 4.98 Å². The van der Waals surface area contributed by atoms with Crippen molar-refractivity contribution in [2.45, 2.75) is 13.0 Å². The first-order valence-electron chi connectivity index (χ1n) is 7.37. The quantitative estimate of drug-likeness (QED) is 0.716. The van der Waals surface area contributed by atoms with Crippen molar-refractivity contribution in [3.63, 3.8) is 0 Å². The van der Waals surface area contributed by atoms with Gasteiger partial charge in [0, 0.05) is 26.0 Å². The zero-order chi connectivity index (χ0) is 15.9. The maximum Gasteiger partial charge on any atom is 0.247 e. The van der Waals surface area contributed by atoms with Crippen LogP contribution in [0.2, 0.25) is 0 Å². The summed E-state index contributed by atoms with van der Waals surface area (Å²) in [6, 6.07) is 7.78. The number of nitrogens with zero attached hydrogens (tertiary/aromatic N) is 5. The highest BCUT2D eigenvalue weighted by molar-refractivity contribution is 5.38. The molecule has 3 heterocycles. The minimum absolute atomic E-state index is 0.561. The molecule has 0 saturated carbocycles. The largest absolute Gasteiger partial charge is 0.467 e. The zero-order valence-corrected chi connectivity index (χ0v) is 12.9. The first kappa shape index (κ1) is 15.0. The normalized spacial score (nSPS) is 10.5. The molecule has 7 nitrogen and oxygen atoms in total. The van der Waals surface area contributed by atoms with Gasteiger partial charge < -0.3 is 14.6 Å². The maximum absolute atomic E-state index is 5.28. The second kappa shape index (κ2) is 7.35. The molecule has 0 bridgehead atoms. The minimum Gasteiger partial charge on any atom is -0.467 e. The van der Waals surface area contributed by atoms with Gasteiger partial charge in [-0.2, -0.15) is 10.1 Å². The number of anilines is 2. The predicted octanol–water partition coefficient (Wildman–Crippen LogP) is 2.15. The molecule has 118 valence electrons. The average molecular weight is 310 g/mol. The van der Waals surface area contributed by atoms with E-state index in [0.29, 0.717) is 18.3 Å². The smallest absolute Gasteiger partial charge is 0.247 e. The molecule has 0 atom stereocenters. The van der Waals surface area contributed by atoms with Gasteiger partial charge in [-0.25, -0.2) is 0 Å². The third kappa shape index (κ3) is 4.26. The second-order valence-corrected chi connectivity index (χ2v) is 5.10. The van der Waals surface area contributed by atoms with Crippen LogP contribution in [-0.2, 0) is 13.0 Å². The SMILES string of the molecule is CN(CCc1ccncc1)c1nncc(NCc2ccco2)n1. The number of hydrogen-bond acceptors (Lipinski definition) is 7. The second-order valence-electron chi connectivity index (χ2n) is 5.10. The predicted molar refractivity (Wildman–Crippen MR) is 87.1 cm³/mol. The molecule has 3 aromatic heterocycles. The standard InChI is InChI=1S/C16H18N6O/c1-22(9-6-13-4-7-17-8-5-13)16-20-15(12-19-21-16)18-11-14-3-2-10-23-14/h2-5,7-8,10,12H,6,9,11H2,1H3,(H,18,20,21). The molecule has 0 aliphatic heterocycles. The van der Waals surface area contributed by atoms with Crippen LogP contribution in [0.3, 0.4) is 0 Å². The van der Waals surface area contributed by atoms with E-state index in [2.05, 4.69) is 25.5 Å². The Kier molecular flexibility index (Phi) is 4.78. The van der Waals surface area contributed by atoms with Gasteiger partial charge in [-0.1, -0.05) is 0 Å². The first-order valence-corrected chi connectivity index (χ1v) is 7.37. The van der Waals surface area contributed by atoms with E-state index in [1.807, 2.05) is 36.2 Å². The fraction of sp³-hybridized carbons (Fsp3) is 0.250. The lowest BCUT2D eigenvalue weighted by molar-refractivity contribution is 0.517. The third-order valence-corrected chi connectivity index (χ3v) is 3.40. The van der Waals surface area contributed by atoms with E-state index < -0.39 is 0 Å². The van der Waals surface area contributed by atoms with Crippen molar-refractivity contribution >= 4 is 11.8 Å². The molecule has 23 heavy (non-hydrogen) atoms. The number of aromatic nitrogens is 4. The molecule has 0 radical (unpaired) electrons. The van der Waals surface area contributed by atoms with Crippen LogP contribution < -0.4 is 10.2 Å². The molecular weight excluding hydrogens is 292 g/mol. The molecule has 0 saturated heterocycles. The Morgan fingerprint density at radius 1 is 1.22 bits per heavy atom. The lowest BCUT2D eigenvalue weighted by Gasteiger charge is -2.16. The monoisotopic (exact) mass is 310 g/mol. The summed E-state index contributed by atoms with van der Waals surface area (Å²) in [4.78, 5) is 10.5. The molecule has 0 aromatic carbocycles. The van der Waals surface area contributed by atoms with Crippen molar-refractivity contribution in [1.82, 2.24) is 20.2 Å². The third-order valence-electron chi connectivity index (χ3n) is 3.40. The molecular formula is C16H18N6O. The van der Waals surface area contributed by atoms with Crippen LogP contribution in [0.5, 0.6) is 0 Å². The zero-order valence-electron chi connectivity index (χ0n) is 12.9.